The molecular formula is C103H70N6. The van der Waals surface area contributed by atoms with Crippen LogP contribution in [0.1, 0.15) is 31.8 Å². The Hall–Kier alpha value is -14.2. The minimum Gasteiger partial charge on any atom is -0.278 e. The van der Waals surface area contributed by atoms with Gasteiger partial charge in [-0.1, -0.05) is 311 Å². The molecular weight excluding hydrogens is 1320 g/mol. The Kier molecular flexibility index (Phi) is 14.5. The second-order valence-electron chi connectivity index (χ2n) is 28.6. The highest BCUT2D eigenvalue weighted by Crippen LogP contribution is 2.50. The van der Waals surface area contributed by atoms with Crippen molar-refractivity contribution in [2.45, 2.75) is 19.3 Å². The zero-order valence-electron chi connectivity index (χ0n) is 64.7. The van der Waals surface area contributed by atoms with E-state index in [0.717, 1.165) is 93.7 Å². The molecule has 4 heterocycles. The van der Waals surface area contributed by atoms with Gasteiger partial charge in [-0.15, -0.1) is 0 Å². The van der Waals surface area contributed by atoms with E-state index >= 15 is 0 Å². The van der Waals surface area contributed by atoms with Gasteiger partial charge in [-0.25, -0.2) is 19.9 Å². The van der Waals surface area contributed by atoms with Gasteiger partial charge in [0.2, 0.25) is 11.9 Å². The summed E-state index contributed by atoms with van der Waals surface area (Å²) >= 11 is 0. The lowest BCUT2D eigenvalue weighted by Gasteiger charge is -2.22. The van der Waals surface area contributed by atoms with Gasteiger partial charge in [0, 0.05) is 68.3 Å². The van der Waals surface area contributed by atoms with Crippen LogP contribution in [-0.4, -0.2) is 29.1 Å². The first-order chi connectivity index (χ1) is 55.8. The van der Waals surface area contributed by atoms with Gasteiger partial charge >= 0.3 is 0 Å². The molecule has 0 unspecified atom stereocenters. The standard InChI is InChI=1S/C59H41N3.C44H29N3/c1-59(2)54-20-12-11-19-50(54)51-27-25-45(34-55(51)59)44-26-28-56-52(33-44)53-32-42-17-9-10-18-43(42)35-57(53)62(56)58-60-36-49(37-61-58)48-30-46(39-15-7-4-8-16-39)29-47(31-48)41-23-21-40(22-24-41)38-13-5-3-6-14-38;1-3-10-30(11-4-1)35-15-9-16-36(26-35)32-18-20-33(21-19-32)38-28-45-44(46-29-38)47-42-25-23-37(31-12-5-2-6-13-31)27-41(42)40-24-22-34-14-7-8-17-39(34)43(40)47/h3-37H,1-2H3;1-29H/i;2D,5D,6D,12D,13D. The van der Waals surface area contributed by atoms with Crippen molar-refractivity contribution in [3.05, 3.63) is 400 Å². The molecule has 20 aromatic rings. The van der Waals surface area contributed by atoms with Crippen LogP contribution >= 0.6 is 0 Å². The van der Waals surface area contributed by atoms with Crippen LogP contribution in [0.3, 0.4) is 0 Å². The topological polar surface area (TPSA) is 61.4 Å². The Labute approximate surface area is 639 Å². The van der Waals surface area contributed by atoms with Crippen molar-refractivity contribution in [3.63, 3.8) is 0 Å². The third kappa shape index (κ3) is 11.6. The Morgan fingerprint density at radius 3 is 1.27 bits per heavy atom. The van der Waals surface area contributed by atoms with Gasteiger partial charge in [0.25, 0.3) is 0 Å². The molecule has 512 valence electrons. The van der Waals surface area contributed by atoms with E-state index in [1.165, 1.54) is 82.7 Å². The first-order valence-corrected chi connectivity index (χ1v) is 36.9. The molecule has 0 saturated carbocycles. The van der Waals surface area contributed by atoms with Crippen molar-refractivity contribution in [2.24, 2.45) is 0 Å². The van der Waals surface area contributed by atoms with E-state index in [1.54, 1.807) is 6.07 Å². The molecule has 0 amide bonds. The fourth-order valence-electron chi connectivity index (χ4n) is 16.3. The van der Waals surface area contributed by atoms with Gasteiger partial charge in [-0.05, 0) is 194 Å². The van der Waals surface area contributed by atoms with Crippen LogP contribution in [0.15, 0.2) is 389 Å². The second-order valence-corrected chi connectivity index (χ2v) is 28.6. The predicted molar refractivity (Wildman–Crippen MR) is 454 cm³/mol. The average Bonchev–Trinajstić information content (AvgIpc) is 1.58. The van der Waals surface area contributed by atoms with E-state index in [2.05, 4.69) is 316 Å². The molecule has 6 nitrogen and oxygen atoms in total. The molecule has 1 aliphatic carbocycles. The lowest BCUT2D eigenvalue weighted by atomic mass is 9.81. The summed E-state index contributed by atoms with van der Waals surface area (Å²) in [7, 11) is 0. The number of hydrogen-bond acceptors (Lipinski definition) is 4. The number of rotatable bonds is 11. The molecule has 0 fully saturated rings. The van der Waals surface area contributed by atoms with Crippen LogP contribution in [0, 0.1) is 0 Å². The molecule has 6 heteroatoms. The zero-order valence-corrected chi connectivity index (χ0v) is 59.7. The largest absolute Gasteiger partial charge is 0.278 e. The molecule has 0 spiro atoms. The number of aromatic nitrogens is 6. The molecule has 109 heavy (non-hydrogen) atoms. The van der Waals surface area contributed by atoms with E-state index in [-0.39, 0.29) is 35.1 Å². The third-order valence-electron chi connectivity index (χ3n) is 21.9. The second kappa shape index (κ2) is 26.7. The van der Waals surface area contributed by atoms with Gasteiger partial charge in [-0.3, -0.25) is 9.13 Å². The number of fused-ring (bicyclic) bond motifs is 12. The third-order valence-corrected chi connectivity index (χ3v) is 21.9. The molecule has 0 N–H and O–H groups in total. The summed E-state index contributed by atoms with van der Waals surface area (Å²) in [5.41, 5.74) is 28.0. The van der Waals surface area contributed by atoms with Gasteiger partial charge in [0.05, 0.1) is 28.9 Å². The number of nitrogens with zero attached hydrogens (tertiary/aromatic N) is 6. The van der Waals surface area contributed by atoms with E-state index < -0.39 is 6.04 Å². The molecule has 4 aromatic heterocycles. The highest BCUT2D eigenvalue weighted by Gasteiger charge is 2.35. The fraction of sp³-hybridized carbons (Fsp3) is 0.0291. The van der Waals surface area contributed by atoms with Gasteiger partial charge in [0.15, 0.2) is 0 Å². The summed E-state index contributed by atoms with van der Waals surface area (Å²) in [6.07, 6.45) is 7.65. The molecule has 0 saturated heterocycles. The lowest BCUT2D eigenvalue weighted by molar-refractivity contribution is 0.660. The Morgan fingerprint density at radius 2 is 0.633 bits per heavy atom. The monoisotopic (exact) mass is 1400 g/mol. The van der Waals surface area contributed by atoms with Crippen molar-refractivity contribution >= 4 is 65.2 Å². The van der Waals surface area contributed by atoms with Crippen molar-refractivity contribution in [2.75, 3.05) is 0 Å². The maximum atomic E-state index is 8.58. The van der Waals surface area contributed by atoms with Gasteiger partial charge < -0.3 is 0 Å². The van der Waals surface area contributed by atoms with E-state index in [9.17, 15) is 0 Å². The quantitative estimate of drug-likeness (QED) is 0.129. The highest BCUT2D eigenvalue weighted by molar-refractivity contribution is 6.19. The Morgan fingerprint density at radius 1 is 0.239 bits per heavy atom. The predicted octanol–water partition coefficient (Wildman–Crippen LogP) is 26.8. The smallest absolute Gasteiger partial charge is 0.234 e. The van der Waals surface area contributed by atoms with E-state index in [4.69, 9.17) is 26.8 Å². The maximum absolute atomic E-state index is 8.58. The highest BCUT2D eigenvalue weighted by atomic mass is 15.2. The number of hydrogen-bond donors (Lipinski definition) is 0. The molecule has 21 rings (SSSR count). The van der Waals surface area contributed by atoms with Crippen molar-refractivity contribution in [3.8, 4) is 123 Å². The van der Waals surface area contributed by atoms with Crippen LogP contribution < -0.4 is 0 Å². The van der Waals surface area contributed by atoms with Gasteiger partial charge in [-0.2, -0.15) is 0 Å². The summed E-state index contributed by atoms with van der Waals surface area (Å²) in [6.45, 7) is 4.69. The van der Waals surface area contributed by atoms with Crippen LogP contribution in [0.2, 0.25) is 0 Å². The van der Waals surface area contributed by atoms with Crippen molar-refractivity contribution in [1.82, 2.24) is 29.1 Å². The molecule has 0 radical (unpaired) electrons. The lowest BCUT2D eigenvalue weighted by Crippen LogP contribution is -2.14. The van der Waals surface area contributed by atoms with Gasteiger partial charge in [0.1, 0.15) is 0 Å². The summed E-state index contributed by atoms with van der Waals surface area (Å²) in [5.74, 6) is 1.15. The minimum atomic E-state index is -0.409. The Balaban J connectivity index is 0.000000150. The van der Waals surface area contributed by atoms with Crippen LogP contribution in [0.4, 0.5) is 0 Å². The van der Waals surface area contributed by atoms with E-state index in [0.29, 0.717) is 17.5 Å². The summed E-state index contributed by atoms with van der Waals surface area (Å²) < 4.78 is 45.9. The zero-order chi connectivity index (χ0) is 76.9. The molecule has 1 aliphatic rings. The first-order valence-electron chi connectivity index (χ1n) is 39.4. The van der Waals surface area contributed by atoms with Crippen molar-refractivity contribution in [1.29, 1.82) is 0 Å². The maximum Gasteiger partial charge on any atom is 0.234 e. The van der Waals surface area contributed by atoms with E-state index in [1.807, 2.05) is 59.7 Å². The summed E-state index contributed by atoms with van der Waals surface area (Å²) in [5, 5.41) is 8.66. The number of benzene rings is 16. The molecule has 0 atom stereocenters. The fourth-order valence-corrected chi connectivity index (χ4v) is 16.3. The molecule has 0 aliphatic heterocycles. The minimum absolute atomic E-state index is 0.0664. The van der Waals surface area contributed by atoms with Crippen LogP contribution in [-0.2, 0) is 5.41 Å². The molecule has 16 aromatic carbocycles. The average molecular weight is 1400 g/mol. The molecule has 0 bridgehead atoms. The Bertz CT molecular complexity index is 7180. The van der Waals surface area contributed by atoms with Crippen LogP contribution in [0.5, 0.6) is 0 Å². The summed E-state index contributed by atoms with van der Waals surface area (Å²) in [4.78, 5) is 20.1. The van der Waals surface area contributed by atoms with Crippen molar-refractivity contribution < 1.29 is 6.85 Å². The SMILES string of the molecule is CC1(C)c2ccccc2-c2ccc(-c3ccc4c(c3)c3cc5ccccc5cc3n4-c3ncc(-c4cc(-c5ccccc5)cc(-c5ccc(-c6ccccc6)cc5)c4)cn3)cc21.[2H]c1c([2H])c([2H])c(-c2ccc3c(c2)c2ccc4ccccc4c2n3-c2ncc(-c3ccc(-c4cccc(-c5ccccc5)c4)cc3)cn2)c([2H])c1[2H]. The van der Waals surface area contributed by atoms with Crippen LogP contribution in [0.25, 0.3) is 188 Å². The summed E-state index contributed by atoms with van der Waals surface area (Å²) in [6, 6.07) is 116. The first kappa shape index (κ1) is 59.1. The normalized spacial score (nSPS) is 12.8.